The van der Waals surface area contributed by atoms with E-state index in [1.807, 2.05) is 0 Å². The predicted octanol–water partition coefficient (Wildman–Crippen LogP) is 4.51. The number of halogens is 3. The minimum Gasteiger partial charge on any atom is -0.475 e. The van der Waals surface area contributed by atoms with Gasteiger partial charge < -0.3 is 9.47 Å². The molecule has 14 heteroatoms. The molecule has 0 spiro atoms. The molecule has 1 aromatic carbocycles. The molecular formula is C26H25ClF2N6O4S. The van der Waals surface area contributed by atoms with E-state index in [0.717, 1.165) is 12.1 Å². The molecule has 4 aromatic rings. The first-order chi connectivity index (χ1) is 19.0. The van der Waals surface area contributed by atoms with Crippen LogP contribution in [-0.4, -0.2) is 56.1 Å². The Hall–Kier alpha value is -3.55. The summed E-state index contributed by atoms with van der Waals surface area (Å²) in [5.41, 5.74) is 0.532. The van der Waals surface area contributed by atoms with Crippen molar-refractivity contribution >= 4 is 21.4 Å². The average molecular weight is 591 g/mol. The molecule has 5 rings (SSSR count). The summed E-state index contributed by atoms with van der Waals surface area (Å²) in [6, 6.07) is 5.61. The molecule has 210 valence electrons. The van der Waals surface area contributed by atoms with Gasteiger partial charge in [-0.15, -0.1) is 10.2 Å². The zero-order valence-corrected chi connectivity index (χ0v) is 23.3. The Labute approximate surface area is 234 Å². The molecule has 3 aromatic heterocycles. The summed E-state index contributed by atoms with van der Waals surface area (Å²) in [6.45, 7) is 4.92. The number of hydrogen-bond acceptors (Lipinski definition) is 9. The maximum Gasteiger partial charge on any atom is 0.224 e. The fourth-order valence-corrected chi connectivity index (χ4v) is 5.97. The summed E-state index contributed by atoms with van der Waals surface area (Å²) in [5, 5.41) is 7.63. The minimum absolute atomic E-state index is 0.0381. The second kappa shape index (κ2) is 11.1. The second-order valence-corrected chi connectivity index (χ2v) is 12.3. The number of rotatable bonds is 8. The summed E-state index contributed by atoms with van der Waals surface area (Å²) in [7, 11) is -4.00. The highest BCUT2D eigenvalue weighted by atomic mass is 35.5. The van der Waals surface area contributed by atoms with Crippen molar-refractivity contribution in [3.8, 4) is 17.3 Å². The maximum atomic E-state index is 15.0. The first-order valence-corrected chi connectivity index (χ1v) is 14.5. The lowest BCUT2D eigenvalue weighted by molar-refractivity contribution is 0.00142. The SMILES string of the molecule is CC(C)O[C@@H](c1ncc(Cl)cn1)[C@H](C)S(=O)(=O)Cc1nnc2n1[C@@H](c1ccc(F)cc1F)COc1ncccc1-2. The van der Waals surface area contributed by atoms with E-state index >= 15 is 4.39 Å². The smallest absolute Gasteiger partial charge is 0.224 e. The quantitative estimate of drug-likeness (QED) is 0.291. The first kappa shape index (κ1) is 28.0. The van der Waals surface area contributed by atoms with Crippen LogP contribution in [0.25, 0.3) is 11.4 Å². The monoisotopic (exact) mass is 590 g/mol. The van der Waals surface area contributed by atoms with Crippen LogP contribution in [-0.2, 0) is 20.3 Å². The second-order valence-electron chi connectivity index (χ2n) is 9.54. The summed E-state index contributed by atoms with van der Waals surface area (Å²) in [5.74, 6) is -1.47. The predicted molar refractivity (Wildman–Crippen MR) is 141 cm³/mol. The van der Waals surface area contributed by atoms with Crippen LogP contribution < -0.4 is 4.74 Å². The van der Waals surface area contributed by atoms with Gasteiger partial charge in [0.1, 0.15) is 35.9 Å². The number of aromatic nitrogens is 6. The molecule has 0 N–H and O–H groups in total. The van der Waals surface area contributed by atoms with Gasteiger partial charge in [0.05, 0.1) is 28.0 Å². The third-order valence-corrected chi connectivity index (χ3v) is 8.66. The highest BCUT2D eigenvalue weighted by Crippen LogP contribution is 2.37. The molecule has 0 saturated heterocycles. The van der Waals surface area contributed by atoms with Crippen molar-refractivity contribution in [3.63, 3.8) is 0 Å². The topological polar surface area (TPSA) is 122 Å². The number of hydrogen-bond donors (Lipinski definition) is 0. The van der Waals surface area contributed by atoms with E-state index < -0.39 is 44.6 Å². The largest absolute Gasteiger partial charge is 0.475 e. The minimum atomic E-state index is -4.00. The number of fused-ring (bicyclic) bond motifs is 3. The molecule has 0 aliphatic carbocycles. The van der Waals surface area contributed by atoms with Crippen LogP contribution in [0.15, 0.2) is 48.9 Å². The molecule has 3 atom stereocenters. The van der Waals surface area contributed by atoms with Crippen LogP contribution in [0.4, 0.5) is 8.78 Å². The summed E-state index contributed by atoms with van der Waals surface area (Å²) in [4.78, 5) is 12.6. The van der Waals surface area contributed by atoms with Crippen molar-refractivity contribution in [2.24, 2.45) is 0 Å². The molecule has 10 nitrogen and oxygen atoms in total. The van der Waals surface area contributed by atoms with Crippen molar-refractivity contribution in [1.29, 1.82) is 0 Å². The highest BCUT2D eigenvalue weighted by molar-refractivity contribution is 7.91. The van der Waals surface area contributed by atoms with Gasteiger partial charge in [0.2, 0.25) is 5.88 Å². The first-order valence-electron chi connectivity index (χ1n) is 12.4. The van der Waals surface area contributed by atoms with Crippen LogP contribution in [0, 0.1) is 11.6 Å². The number of benzene rings is 1. The molecule has 0 bridgehead atoms. The Kier molecular flexibility index (Phi) is 7.80. The average Bonchev–Trinajstić information content (AvgIpc) is 3.23. The molecule has 0 amide bonds. The summed E-state index contributed by atoms with van der Waals surface area (Å²) >= 11 is 5.92. The van der Waals surface area contributed by atoms with E-state index in [2.05, 4.69) is 25.1 Å². The third-order valence-electron chi connectivity index (χ3n) is 6.43. The zero-order valence-electron chi connectivity index (χ0n) is 21.7. The lowest BCUT2D eigenvalue weighted by Gasteiger charge is -2.26. The van der Waals surface area contributed by atoms with Crippen LogP contribution in [0.3, 0.4) is 0 Å². The molecular weight excluding hydrogens is 566 g/mol. The Bertz CT molecular complexity index is 1630. The molecule has 1 aliphatic heterocycles. The van der Waals surface area contributed by atoms with Crippen LogP contribution in [0.5, 0.6) is 5.88 Å². The van der Waals surface area contributed by atoms with E-state index in [9.17, 15) is 12.8 Å². The van der Waals surface area contributed by atoms with Crippen LogP contribution in [0.2, 0.25) is 5.02 Å². The van der Waals surface area contributed by atoms with Crippen molar-refractivity contribution in [1.82, 2.24) is 29.7 Å². The van der Waals surface area contributed by atoms with Crippen LogP contribution >= 0.6 is 11.6 Å². The van der Waals surface area contributed by atoms with Crippen molar-refractivity contribution in [2.45, 2.75) is 50.0 Å². The van der Waals surface area contributed by atoms with E-state index in [0.29, 0.717) is 10.6 Å². The molecule has 4 heterocycles. The highest BCUT2D eigenvalue weighted by Gasteiger charge is 2.38. The molecule has 1 aliphatic rings. The summed E-state index contributed by atoms with van der Waals surface area (Å²) < 4.78 is 69.7. The van der Waals surface area contributed by atoms with E-state index in [-0.39, 0.29) is 41.6 Å². The number of nitrogens with zero attached hydrogens (tertiary/aromatic N) is 6. The zero-order chi connectivity index (χ0) is 28.6. The van der Waals surface area contributed by atoms with Gasteiger partial charge in [-0.1, -0.05) is 17.7 Å². The van der Waals surface area contributed by atoms with Gasteiger partial charge in [0.15, 0.2) is 21.5 Å². The lowest BCUT2D eigenvalue weighted by atomic mass is 10.1. The van der Waals surface area contributed by atoms with Gasteiger partial charge in [-0.2, -0.15) is 0 Å². The molecule has 0 saturated carbocycles. The van der Waals surface area contributed by atoms with Gasteiger partial charge in [-0.3, -0.25) is 4.57 Å². The fourth-order valence-electron chi connectivity index (χ4n) is 4.49. The van der Waals surface area contributed by atoms with Gasteiger partial charge in [0, 0.05) is 30.2 Å². The Morgan fingerprint density at radius 2 is 1.88 bits per heavy atom. The summed E-state index contributed by atoms with van der Waals surface area (Å²) in [6.07, 6.45) is 2.92. The Morgan fingerprint density at radius 3 is 2.58 bits per heavy atom. The van der Waals surface area contributed by atoms with Crippen molar-refractivity contribution in [2.75, 3.05) is 6.61 Å². The van der Waals surface area contributed by atoms with E-state index in [1.54, 1.807) is 26.0 Å². The van der Waals surface area contributed by atoms with Gasteiger partial charge >= 0.3 is 0 Å². The number of pyridine rings is 1. The van der Waals surface area contributed by atoms with Gasteiger partial charge in [-0.05, 0) is 39.0 Å². The van der Waals surface area contributed by atoms with Crippen molar-refractivity contribution < 1.29 is 26.7 Å². The lowest BCUT2D eigenvalue weighted by Crippen LogP contribution is -2.32. The third kappa shape index (κ3) is 5.54. The molecule has 0 unspecified atom stereocenters. The normalized spacial score (nSPS) is 16.5. The molecule has 0 radical (unpaired) electrons. The van der Waals surface area contributed by atoms with E-state index in [1.165, 1.54) is 36.1 Å². The van der Waals surface area contributed by atoms with Gasteiger partial charge in [-0.25, -0.2) is 32.2 Å². The number of sulfone groups is 1. The van der Waals surface area contributed by atoms with Crippen LogP contribution in [0.1, 0.15) is 50.1 Å². The Morgan fingerprint density at radius 1 is 1.12 bits per heavy atom. The fraction of sp³-hybridized carbons (Fsp3) is 0.346. The van der Waals surface area contributed by atoms with E-state index in [4.69, 9.17) is 21.1 Å². The Balaban J connectivity index is 1.58. The van der Waals surface area contributed by atoms with Crippen molar-refractivity contribution in [3.05, 3.63) is 82.8 Å². The molecule has 0 fully saturated rings. The van der Waals surface area contributed by atoms with Gasteiger partial charge in [0.25, 0.3) is 0 Å². The molecule has 40 heavy (non-hydrogen) atoms. The maximum absolute atomic E-state index is 15.0. The standard InChI is InChI=1S/C26H25ClF2N6O4S/c1-14(2)39-23(24-31-10-16(27)11-32-24)15(3)40(36,37)13-22-33-34-25-19-5-4-8-30-26(19)38-12-21(35(22)25)18-7-6-17(28)9-20(18)29/h4-11,14-15,21,23H,12-13H2,1-3H3/t15-,21+,23+/m0/s1. The number of ether oxygens (including phenoxy) is 2.